The normalized spacial score (nSPS) is 21.2. The van der Waals surface area contributed by atoms with Crippen LogP contribution in [0.4, 0.5) is 5.69 Å². The fourth-order valence-corrected chi connectivity index (χ4v) is 3.91. The highest BCUT2D eigenvalue weighted by Crippen LogP contribution is 2.17. The number of nitrogens with one attached hydrogen (secondary N) is 1. The number of thiazole rings is 1. The maximum atomic E-state index is 12.2. The van der Waals surface area contributed by atoms with E-state index in [0.29, 0.717) is 6.42 Å². The van der Waals surface area contributed by atoms with Gasteiger partial charge < -0.3 is 10.1 Å². The van der Waals surface area contributed by atoms with Crippen molar-refractivity contribution in [3.8, 4) is 0 Å². The number of ether oxygens (including phenoxy) is 1. The number of hydrogen-bond acceptors (Lipinski definition) is 5. The zero-order chi connectivity index (χ0) is 17.8. The molecule has 3 rings (SSSR count). The van der Waals surface area contributed by atoms with Crippen molar-refractivity contribution in [2.24, 2.45) is 0 Å². The van der Waals surface area contributed by atoms with Crippen LogP contribution in [0.25, 0.3) is 0 Å². The van der Waals surface area contributed by atoms with Crippen LogP contribution in [0.1, 0.15) is 30.1 Å². The Balaban J connectivity index is 1.52. The molecule has 1 fully saturated rings. The molecule has 0 bridgehead atoms. The number of aromatic nitrogens is 1. The van der Waals surface area contributed by atoms with E-state index in [0.717, 1.165) is 36.0 Å². The Morgan fingerprint density at radius 2 is 1.96 bits per heavy atom. The molecule has 0 aliphatic carbocycles. The van der Waals surface area contributed by atoms with Gasteiger partial charge in [-0.1, -0.05) is 17.7 Å². The number of carbonyl (C=O) groups excluding carboxylic acids is 1. The van der Waals surface area contributed by atoms with Crippen LogP contribution in [0.2, 0.25) is 0 Å². The summed E-state index contributed by atoms with van der Waals surface area (Å²) in [6, 6.07) is 7.81. The Labute approximate surface area is 153 Å². The van der Waals surface area contributed by atoms with Gasteiger partial charge in [-0.25, -0.2) is 4.98 Å². The van der Waals surface area contributed by atoms with Crippen molar-refractivity contribution >= 4 is 22.9 Å². The Morgan fingerprint density at radius 3 is 2.64 bits per heavy atom. The molecule has 1 aliphatic heterocycles. The summed E-state index contributed by atoms with van der Waals surface area (Å²) in [5.74, 6) is -0.0293. The van der Waals surface area contributed by atoms with Crippen LogP contribution in [-0.2, 0) is 22.5 Å². The number of aryl methyl sites for hydroxylation is 1. The predicted molar refractivity (Wildman–Crippen MR) is 101 cm³/mol. The van der Waals surface area contributed by atoms with Crippen molar-refractivity contribution in [3.05, 3.63) is 45.9 Å². The Bertz CT molecular complexity index is 704. The number of carbonyl (C=O) groups is 1. The van der Waals surface area contributed by atoms with Crippen LogP contribution >= 0.6 is 11.3 Å². The van der Waals surface area contributed by atoms with Gasteiger partial charge in [-0.3, -0.25) is 9.69 Å². The lowest BCUT2D eigenvalue weighted by atomic mass is 10.2. The lowest BCUT2D eigenvalue weighted by Gasteiger charge is -2.34. The van der Waals surface area contributed by atoms with Crippen LogP contribution in [0.5, 0.6) is 0 Å². The fourth-order valence-electron chi connectivity index (χ4n) is 3.12. The van der Waals surface area contributed by atoms with Crippen molar-refractivity contribution < 1.29 is 9.53 Å². The first-order valence-electron chi connectivity index (χ1n) is 8.65. The highest BCUT2D eigenvalue weighted by atomic mass is 32.1. The predicted octanol–water partition coefficient (Wildman–Crippen LogP) is 3.24. The van der Waals surface area contributed by atoms with Crippen LogP contribution in [-0.4, -0.2) is 41.1 Å². The highest BCUT2D eigenvalue weighted by molar-refractivity contribution is 7.09. The van der Waals surface area contributed by atoms with Gasteiger partial charge in [0.1, 0.15) is 5.01 Å². The smallest absolute Gasteiger partial charge is 0.231 e. The lowest BCUT2D eigenvalue weighted by Crippen LogP contribution is -2.44. The fraction of sp³-hybridized carbons (Fsp3) is 0.474. The molecule has 25 heavy (non-hydrogen) atoms. The molecule has 1 aliphatic rings. The van der Waals surface area contributed by atoms with E-state index in [4.69, 9.17) is 4.74 Å². The van der Waals surface area contributed by atoms with E-state index in [-0.39, 0.29) is 18.1 Å². The van der Waals surface area contributed by atoms with Gasteiger partial charge in [0, 0.05) is 30.7 Å². The van der Waals surface area contributed by atoms with Gasteiger partial charge in [0.15, 0.2) is 0 Å². The molecule has 0 saturated carbocycles. The maximum absolute atomic E-state index is 12.2. The van der Waals surface area contributed by atoms with Crippen molar-refractivity contribution in [1.29, 1.82) is 0 Å². The summed E-state index contributed by atoms with van der Waals surface area (Å²) in [5.41, 5.74) is 3.03. The van der Waals surface area contributed by atoms with E-state index in [1.807, 2.05) is 31.2 Å². The van der Waals surface area contributed by atoms with E-state index < -0.39 is 0 Å². The van der Waals surface area contributed by atoms with E-state index in [1.54, 1.807) is 11.3 Å². The van der Waals surface area contributed by atoms with E-state index in [9.17, 15) is 4.79 Å². The second-order valence-corrected chi connectivity index (χ2v) is 7.72. The second kappa shape index (κ2) is 8.08. The van der Waals surface area contributed by atoms with Gasteiger partial charge >= 0.3 is 0 Å². The standard InChI is InChI=1S/C19H25N3O2S/c1-13-4-6-16(7-5-13)20-18(23)8-19-21-17(12-25-19)11-22-9-14(2)24-15(3)10-22/h4-7,12,14-15H,8-11H2,1-3H3,(H,20,23)/t14-,15-/m0/s1. The molecular weight excluding hydrogens is 334 g/mol. The SMILES string of the molecule is Cc1ccc(NC(=O)Cc2nc(CN3C[C@H](C)O[C@@H](C)C3)cs2)cc1. The quantitative estimate of drug-likeness (QED) is 0.890. The minimum Gasteiger partial charge on any atom is -0.373 e. The number of amides is 1. The third-order valence-corrected chi connectivity index (χ3v) is 5.02. The number of anilines is 1. The first-order valence-corrected chi connectivity index (χ1v) is 9.53. The molecule has 6 heteroatoms. The van der Waals surface area contributed by atoms with Gasteiger partial charge in [-0.15, -0.1) is 11.3 Å². The number of nitrogens with zero attached hydrogens (tertiary/aromatic N) is 2. The molecule has 1 aromatic carbocycles. The first kappa shape index (κ1) is 18.0. The molecule has 2 heterocycles. The Hall–Kier alpha value is -1.76. The molecule has 1 saturated heterocycles. The van der Waals surface area contributed by atoms with Crippen LogP contribution in [0, 0.1) is 6.92 Å². The molecule has 1 amide bonds. The van der Waals surface area contributed by atoms with E-state index >= 15 is 0 Å². The largest absolute Gasteiger partial charge is 0.373 e. The van der Waals surface area contributed by atoms with Crippen LogP contribution < -0.4 is 5.32 Å². The molecule has 2 aromatic rings. The summed E-state index contributed by atoms with van der Waals surface area (Å²) in [4.78, 5) is 19.2. The summed E-state index contributed by atoms with van der Waals surface area (Å²) in [6.07, 6.45) is 0.818. The van der Waals surface area contributed by atoms with Gasteiger partial charge in [-0.2, -0.15) is 0 Å². The molecule has 0 unspecified atom stereocenters. The zero-order valence-corrected chi connectivity index (χ0v) is 15.8. The van der Waals surface area contributed by atoms with E-state index in [2.05, 4.69) is 34.4 Å². The Kier molecular flexibility index (Phi) is 5.83. The summed E-state index contributed by atoms with van der Waals surface area (Å²) < 4.78 is 5.76. The third-order valence-electron chi connectivity index (χ3n) is 4.13. The first-order chi connectivity index (χ1) is 12.0. The maximum Gasteiger partial charge on any atom is 0.231 e. The van der Waals surface area contributed by atoms with Crippen molar-refractivity contribution in [3.63, 3.8) is 0 Å². The lowest BCUT2D eigenvalue weighted by molar-refractivity contribution is -0.115. The molecule has 0 spiro atoms. The topological polar surface area (TPSA) is 54.5 Å². The Morgan fingerprint density at radius 1 is 1.28 bits per heavy atom. The molecule has 0 radical (unpaired) electrons. The minimum absolute atomic E-state index is 0.0293. The van der Waals surface area contributed by atoms with Gasteiger partial charge in [-0.05, 0) is 32.9 Å². The summed E-state index contributed by atoms with van der Waals surface area (Å²) in [5, 5.41) is 5.83. The average molecular weight is 359 g/mol. The summed E-state index contributed by atoms with van der Waals surface area (Å²) >= 11 is 1.55. The summed E-state index contributed by atoms with van der Waals surface area (Å²) in [7, 11) is 0. The van der Waals surface area contributed by atoms with Crippen molar-refractivity contribution in [2.75, 3.05) is 18.4 Å². The van der Waals surface area contributed by atoms with Crippen LogP contribution in [0.3, 0.4) is 0 Å². The summed E-state index contributed by atoms with van der Waals surface area (Å²) in [6.45, 7) is 8.89. The zero-order valence-electron chi connectivity index (χ0n) is 15.0. The number of hydrogen-bond donors (Lipinski definition) is 1. The number of morpholine rings is 1. The molecule has 1 N–H and O–H groups in total. The molecule has 1 aromatic heterocycles. The van der Waals surface area contributed by atoms with Crippen molar-refractivity contribution in [2.45, 2.75) is 45.9 Å². The van der Waals surface area contributed by atoms with Gasteiger partial charge in [0.05, 0.1) is 24.3 Å². The van der Waals surface area contributed by atoms with Crippen LogP contribution in [0.15, 0.2) is 29.6 Å². The third kappa shape index (κ3) is 5.36. The number of rotatable bonds is 5. The average Bonchev–Trinajstić information content (AvgIpc) is 2.95. The monoisotopic (exact) mass is 359 g/mol. The second-order valence-electron chi connectivity index (χ2n) is 6.77. The minimum atomic E-state index is -0.0293. The molecular formula is C19H25N3O2S. The van der Waals surface area contributed by atoms with Gasteiger partial charge in [0.25, 0.3) is 0 Å². The van der Waals surface area contributed by atoms with E-state index in [1.165, 1.54) is 5.56 Å². The molecule has 134 valence electrons. The molecule has 2 atom stereocenters. The highest BCUT2D eigenvalue weighted by Gasteiger charge is 2.22. The van der Waals surface area contributed by atoms with Crippen molar-refractivity contribution in [1.82, 2.24) is 9.88 Å². The number of benzene rings is 1. The molecule has 5 nitrogen and oxygen atoms in total. The van der Waals surface area contributed by atoms with Gasteiger partial charge in [0.2, 0.25) is 5.91 Å².